The van der Waals surface area contributed by atoms with Gasteiger partial charge in [-0.1, -0.05) is 128 Å². The van der Waals surface area contributed by atoms with Crippen LogP contribution in [-0.4, -0.2) is 4.57 Å². The molecule has 3 nitrogen and oxygen atoms in total. The summed E-state index contributed by atoms with van der Waals surface area (Å²) >= 11 is 0. The molecule has 246 valence electrons. The van der Waals surface area contributed by atoms with Crippen LogP contribution in [-0.2, 0) is 0 Å². The molecule has 2 atom stereocenters. The number of hydrogen-bond donors (Lipinski definition) is 0. The fourth-order valence-corrected chi connectivity index (χ4v) is 8.93. The molecule has 52 heavy (non-hydrogen) atoms. The maximum Gasteiger partial charge on any atom is 0.143 e. The minimum Gasteiger partial charge on any atom is -0.455 e. The molecule has 0 saturated carbocycles. The third-order valence-electron chi connectivity index (χ3n) is 11.2. The van der Waals surface area contributed by atoms with Gasteiger partial charge in [-0.25, -0.2) is 0 Å². The molecule has 9 aromatic rings. The Hall–Kier alpha value is -6.58. The second-order valence-electron chi connectivity index (χ2n) is 14.1. The largest absolute Gasteiger partial charge is 0.455 e. The molecule has 0 amide bonds. The van der Waals surface area contributed by atoms with Crippen LogP contribution in [0.3, 0.4) is 0 Å². The van der Waals surface area contributed by atoms with Gasteiger partial charge in [0, 0.05) is 55.7 Å². The molecule has 7 aromatic carbocycles. The van der Waals surface area contributed by atoms with Crippen molar-refractivity contribution < 1.29 is 4.42 Å². The summed E-state index contributed by atoms with van der Waals surface area (Å²) in [4.78, 5) is 2.45. The minimum atomic E-state index is 0.308. The average Bonchev–Trinajstić information content (AvgIpc) is 3.86. The lowest BCUT2D eigenvalue weighted by Crippen LogP contribution is -2.18. The Bertz CT molecular complexity index is 2940. The Morgan fingerprint density at radius 1 is 0.538 bits per heavy atom. The van der Waals surface area contributed by atoms with Crippen LogP contribution in [0.25, 0.3) is 71.7 Å². The van der Waals surface area contributed by atoms with Crippen molar-refractivity contribution in [2.45, 2.75) is 12.8 Å². The van der Waals surface area contributed by atoms with Crippen molar-refractivity contribution in [1.82, 2.24) is 4.57 Å². The van der Waals surface area contributed by atoms with E-state index in [1.54, 1.807) is 0 Å². The molecule has 0 fully saturated rings. The molecular weight excluding hydrogens is 633 g/mol. The van der Waals surface area contributed by atoms with Crippen molar-refractivity contribution >= 4 is 55.1 Å². The summed E-state index contributed by atoms with van der Waals surface area (Å²) in [7, 11) is 0. The first kappa shape index (κ1) is 29.2. The molecule has 0 spiro atoms. The van der Waals surface area contributed by atoms with Gasteiger partial charge in [0.15, 0.2) is 0 Å². The van der Waals surface area contributed by atoms with Crippen LogP contribution in [0.4, 0.5) is 11.4 Å². The van der Waals surface area contributed by atoms with E-state index in [9.17, 15) is 0 Å². The number of furan rings is 1. The first-order valence-electron chi connectivity index (χ1n) is 18.1. The molecular formula is C49H34N2O. The number of allylic oxidation sites excluding steroid dienone is 4. The molecule has 2 unspecified atom stereocenters. The van der Waals surface area contributed by atoms with E-state index in [2.05, 4.69) is 186 Å². The van der Waals surface area contributed by atoms with Crippen molar-refractivity contribution in [2.75, 3.05) is 4.90 Å². The van der Waals surface area contributed by atoms with Gasteiger partial charge in [-0.15, -0.1) is 0 Å². The molecule has 0 N–H and O–H groups in total. The van der Waals surface area contributed by atoms with Crippen molar-refractivity contribution in [3.05, 3.63) is 187 Å². The van der Waals surface area contributed by atoms with Gasteiger partial charge in [-0.3, -0.25) is 0 Å². The van der Waals surface area contributed by atoms with Gasteiger partial charge in [0.05, 0.1) is 16.7 Å². The number of nitrogens with zero attached hydrogens (tertiary/aromatic N) is 2. The molecule has 3 heteroatoms. The summed E-state index contributed by atoms with van der Waals surface area (Å²) in [6, 6.07) is 57.2. The van der Waals surface area contributed by atoms with E-state index in [0.717, 1.165) is 38.8 Å². The first-order chi connectivity index (χ1) is 25.7. The summed E-state index contributed by atoms with van der Waals surface area (Å²) in [6.07, 6.45) is 6.86. The molecule has 2 aromatic heterocycles. The van der Waals surface area contributed by atoms with Gasteiger partial charge in [0.25, 0.3) is 0 Å². The second kappa shape index (κ2) is 11.2. The van der Waals surface area contributed by atoms with Crippen LogP contribution in [0.1, 0.15) is 18.4 Å². The number of aromatic nitrogens is 1. The lowest BCUT2D eigenvalue weighted by molar-refractivity contribution is 0.618. The normalized spacial score (nSPS) is 16.6. The van der Waals surface area contributed by atoms with Gasteiger partial charge in [0.2, 0.25) is 0 Å². The predicted octanol–water partition coefficient (Wildman–Crippen LogP) is 13.3. The molecule has 11 rings (SSSR count). The standard InChI is InChI=1S/C49H34N2O/c1-31-13-11-23-45-48(31)41-29-32(26-28-44(41)50(45)34-14-3-2-4-15-34)33-25-27-37-35-16-5-8-21-42(35)51(46(37)30-33)43-22-9-6-17-36(43)39-19-12-20-40-38-18-7-10-24-47(38)52-49(39)40/h2-31,48H,1H3. The molecule has 0 bridgehead atoms. The summed E-state index contributed by atoms with van der Waals surface area (Å²) < 4.78 is 9.01. The lowest BCUT2D eigenvalue weighted by Gasteiger charge is -2.27. The van der Waals surface area contributed by atoms with E-state index in [4.69, 9.17) is 4.42 Å². The Morgan fingerprint density at radius 2 is 1.25 bits per heavy atom. The van der Waals surface area contributed by atoms with Crippen LogP contribution in [0.15, 0.2) is 186 Å². The summed E-state index contributed by atoms with van der Waals surface area (Å²) in [5.74, 6) is 0.712. The Balaban J connectivity index is 1.11. The maximum atomic E-state index is 6.56. The minimum absolute atomic E-state index is 0.308. The highest BCUT2D eigenvalue weighted by molar-refractivity contribution is 6.13. The van der Waals surface area contributed by atoms with Crippen LogP contribution in [0.5, 0.6) is 0 Å². The van der Waals surface area contributed by atoms with Crippen molar-refractivity contribution in [3.63, 3.8) is 0 Å². The van der Waals surface area contributed by atoms with Gasteiger partial charge >= 0.3 is 0 Å². The highest BCUT2D eigenvalue weighted by Gasteiger charge is 2.38. The van der Waals surface area contributed by atoms with Crippen LogP contribution < -0.4 is 4.90 Å². The van der Waals surface area contributed by atoms with E-state index >= 15 is 0 Å². The number of rotatable bonds is 4. The number of hydrogen-bond acceptors (Lipinski definition) is 2. The van der Waals surface area contributed by atoms with Crippen LogP contribution >= 0.6 is 0 Å². The fraction of sp³-hybridized carbons (Fsp3) is 0.0612. The predicted molar refractivity (Wildman–Crippen MR) is 217 cm³/mol. The third-order valence-corrected chi connectivity index (χ3v) is 11.2. The summed E-state index contributed by atoms with van der Waals surface area (Å²) in [5, 5.41) is 4.76. The Morgan fingerprint density at radius 3 is 2.17 bits per heavy atom. The Labute approximate surface area is 302 Å². The second-order valence-corrected chi connectivity index (χ2v) is 14.1. The number of benzene rings is 7. The summed E-state index contributed by atoms with van der Waals surface area (Å²) in [6.45, 7) is 2.34. The fourth-order valence-electron chi connectivity index (χ4n) is 8.93. The van der Waals surface area contributed by atoms with Crippen LogP contribution in [0.2, 0.25) is 0 Å². The molecule has 3 heterocycles. The van der Waals surface area contributed by atoms with Crippen LogP contribution in [0, 0.1) is 5.92 Å². The molecule has 1 aliphatic heterocycles. The highest BCUT2D eigenvalue weighted by atomic mass is 16.3. The Kier molecular flexibility index (Phi) is 6.29. The van der Waals surface area contributed by atoms with Crippen molar-refractivity contribution in [3.8, 4) is 27.9 Å². The number of para-hydroxylation sites is 5. The van der Waals surface area contributed by atoms with Gasteiger partial charge in [-0.05, 0) is 77.2 Å². The van der Waals surface area contributed by atoms with E-state index in [-0.39, 0.29) is 0 Å². The molecule has 2 aliphatic rings. The van der Waals surface area contributed by atoms with E-state index in [0.29, 0.717) is 11.8 Å². The zero-order valence-corrected chi connectivity index (χ0v) is 28.7. The monoisotopic (exact) mass is 666 g/mol. The topological polar surface area (TPSA) is 21.3 Å². The van der Waals surface area contributed by atoms with E-state index in [1.165, 1.54) is 55.6 Å². The maximum absolute atomic E-state index is 6.56. The zero-order valence-electron chi connectivity index (χ0n) is 28.7. The number of fused-ring (bicyclic) bond motifs is 9. The molecule has 1 aliphatic carbocycles. The van der Waals surface area contributed by atoms with Crippen molar-refractivity contribution in [1.29, 1.82) is 0 Å². The van der Waals surface area contributed by atoms with Gasteiger partial charge < -0.3 is 13.9 Å². The van der Waals surface area contributed by atoms with Crippen molar-refractivity contribution in [2.24, 2.45) is 5.92 Å². The van der Waals surface area contributed by atoms with Gasteiger partial charge in [0.1, 0.15) is 11.2 Å². The highest BCUT2D eigenvalue weighted by Crippen LogP contribution is 2.53. The van der Waals surface area contributed by atoms with E-state index in [1.807, 2.05) is 6.07 Å². The number of anilines is 2. The van der Waals surface area contributed by atoms with E-state index < -0.39 is 0 Å². The smallest absolute Gasteiger partial charge is 0.143 e. The average molecular weight is 667 g/mol. The molecule has 0 saturated heterocycles. The third kappa shape index (κ3) is 4.20. The lowest BCUT2D eigenvalue weighted by atomic mass is 9.83. The zero-order chi connectivity index (χ0) is 34.3. The van der Waals surface area contributed by atoms with Gasteiger partial charge in [-0.2, -0.15) is 0 Å². The quantitative estimate of drug-likeness (QED) is 0.186. The summed E-state index contributed by atoms with van der Waals surface area (Å²) in [5.41, 5.74) is 15.2. The SMILES string of the molecule is CC1C=CC=C2C1c1cc(-c3ccc4c5ccccc5n(-c5ccccc5-c5cccc6c5oc5ccccc56)c4c3)ccc1N2c1ccccc1. The first-order valence-corrected chi connectivity index (χ1v) is 18.1. The molecule has 0 radical (unpaired) electrons.